The van der Waals surface area contributed by atoms with Crippen LogP contribution in [-0.4, -0.2) is 53.6 Å². The van der Waals surface area contributed by atoms with E-state index in [1.807, 2.05) is 11.0 Å². The molecule has 110 valence electrons. The summed E-state index contributed by atoms with van der Waals surface area (Å²) in [6.45, 7) is 6.10. The average molecular weight is 276 g/mol. The quantitative estimate of drug-likeness (QED) is 0.895. The molecule has 1 N–H and O–H groups in total. The zero-order chi connectivity index (χ0) is 14.4. The van der Waals surface area contributed by atoms with Gasteiger partial charge in [0.25, 0.3) is 0 Å². The number of carboxylic acid groups (broad SMARTS) is 1. The fraction of sp³-hybridized carbons (Fsp3) is 0.562. The summed E-state index contributed by atoms with van der Waals surface area (Å²) in [5.41, 5.74) is 1.36. The molecule has 1 saturated heterocycles. The van der Waals surface area contributed by atoms with E-state index >= 15 is 0 Å². The number of hydrogen-bond donors (Lipinski definition) is 1. The zero-order valence-corrected chi connectivity index (χ0v) is 12.2. The van der Waals surface area contributed by atoms with Crippen LogP contribution in [0.1, 0.15) is 31.4 Å². The van der Waals surface area contributed by atoms with Crippen molar-refractivity contribution in [2.45, 2.75) is 25.8 Å². The molecular formula is C16H24N2O2. The molecule has 2 rings (SSSR count). The Hall–Kier alpha value is -1.39. The van der Waals surface area contributed by atoms with Crippen molar-refractivity contribution in [3.63, 3.8) is 0 Å². The molecule has 1 aromatic carbocycles. The van der Waals surface area contributed by atoms with Gasteiger partial charge in [-0.2, -0.15) is 0 Å². The first-order valence-electron chi connectivity index (χ1n) is 7.44. The number of rotatable bonds is 5. The van der Waals surface area contributed by atoms with Crippen LogP contribution in [0.25, 0.3) is 0 Å². The normalized spacial score (nSPS) is 19.4. The highest BCUT2D eigenvalue weighted by Gasteiger charge is 2.22. The Morgan fingerprint density at radius 1 is 1.20 bits per heavy atom. The maximum Gasteiger partial charge on any atom is 0.317 e. The second-order valence-corrected chi connectivity index (χ2v) is 5.39. The molecule has 0 radical (unpaired) electrons. The van der Waals surface area contributed by atoms with Crippen LogP contribution in [0, 0.1) is 0 Å². The van der Waals surface area contributed by atoms with E-state index in [2.05, 4.69) is 36.1 Å². The van der Waals surface area contributed by atoms with Crippen LogP contribution in [0.2, 0.25) is 0 Å². The Morgan fingerprint density at radius 3 is 2.60 bits per heavy atom. The fourth-order valence-electron chi connectivity index (χ4n) is 3.03. The first kappa shape index (κ1) is 15.0. The first-order valence-corrected chi connectivity index (χ1v) is 7.44. The molecule has 1 aliphatic heterocycles. The van der Waals surface area contributed by atoms with Crippen LogP contribution >= 0.6 is 0 Å². The van der Waals surface area contributed by atoms with E-state index in [0.29, 0.717) is 6.04 Å². The van der Waals surface area contributed by atoms with Crippen LogP contribution in [0.15, 0.2) is 30.3 Å². The maximum atomic E-state index is 10.8. The smallest absolute Gasteiger partial charge is 0.317 e. The third kappa shape index (κ3) is 4.05. The van der Waals surface area contributed by atoms with E-state index in [4.69, 9.17) is 5.11 Å². The number of nitrogens with zero attached hydrogens (tertiary/aromatic N) is 2. The Kier molecular flexibility index (Phi) is 5.56. The molecule has 0 bridgehead atoms. The molecule has 0 aliphatic carbocycles. The third-order valence-corrected chi connectivity index (χ3v) is 3.99. The number of hydrogen-bond acceptors (Lipinski definition) is 3. The van der Waals surface area contributed by atoms with E-state index < -0.39 is 5.97 Å². The van der Waals surface area contributed by atoms with Crippen molar-refractivity contribution < 1.29 is 9.90 Å². The highest BCUT2D eigenvalue weighted by molar-refractivity contribution is 5.69. The highest BCUT2D eigenvalue weighted by Crippen LogP contribution is 2.25. The summed E-state index contributed by atoms with van der Waals surface area (Å²) in [4.78, 5) is 15.4. The molecule has 0 spiro atoms. The predicted molar refractivity (Wildman–Crippen MR) is 79.7 cm³/mol. The summed E-state index contributed by atoms with van der Waals surface area (Å²) < 4.78 is 0. The highest BCUT2D eigenvalue weighted by atomic mass is 16.4. The summed E-state index contributed by atoms with van der Waals surface area (Å²) in [6, 6.07) is 11.1. The van der Waals surface area contributed by atoms with Crippen molar-refractivity contribution in [3.05, 3.63) is 35.9 Å². The van der Waals surface area contributed by atoms with Crippen molar-refractivity contribution in [2.24, 2.45) is 0 Å². The summed E-state index contributed by atoms with van der Waals surface area (Å²) >= 11 is 0. The van der Waals surface area contributed by atoms with E-state index in [1.54, 1.807) is 0 Å². The van der Waals surface area contributed by atoms with E-state index in [-0.39, 0.29) is 6.54 Å². The van der Waals surface area contributed by atoms with Gasteiger partial charge in [0.05, 0.1) is 6.54 Å². The molecule has 0 amide bonds. The van der Waals surface area contributed by atoms with E-state index in [9.17, 15) is 4.79 Å². The molecule has 20 heavy (non-hydrogen) atoms. The van der Waals surface area contributed by atoms with Gasteiger partial charge in [-0.1, -0.05) is 37.3 Å². The summed E-state index contributed by atoms with van der Waals surface area (Å²) in [7, 11) is 0. The summed E-state index contributed by atoms with van der Waals surface area (Å²) in [6.07, 6.45) is 2.12. The van der Waals surface area contributed by atoms with Crippen molar-refractivity contribution in [3.8, 4) is 0 Å². The molecule has 1 unspecified atom stereocenters. The number of carboxylic acids is 1. The van der Waals surface area contributed by atoms with Gasteiger partial charge in [0.15, 0.2) is 0 Å². The molecule has 4 heteroatoms. The van der Waals surface area contributed by atoms with Gasteiger partial charge in [0.2, 0.25) is 0 Å². The summed E-state index contributed by atoms with van der Waals surface area (Å²) in [5.74, 6) is -0.728. The van der Waals surface area contributed by atoms with Crippen LogP contribution < -0.4 is 0 Å². The minimum Gasteiger partial charge on any atom is -0.480 e. The second-order valence-electron chi connectivity index (χ2n) is 5.39. The Bertz CT molecular complexity index is 422. The second kappa shape index (κ2) is 7.41. The monoisotopic (exact) mass is 276 g/mol. The molecule has 0 aromatic heterocycles. The largest absolute Gasteiger partial charge is 0.480 e. The molecule has 1 atom stereocenters. The van der Waals surface area contributed by atoms with Gasteiger partial charge in [-0.15, -0.1) is 0 Å². The average Bonchev–Trinajstić information content (AvgIpc) is 2.66. The van der Waals surface area contributed by atoms with Gasteiger partial charge in [-0.3, -0.25) is 14.6 Å². The lowest BCUT2D eigenvalue weighted by atomic mass is 10.0. The lowest BCUT2D eigenvalue weighted by Crippen LogP contribution is -2.35. The molecule has 1 heterocycles. The standard InChI is InChI=1S/C16H24N2O2/c1-2-15(14-7-4-3-5-8-14)18-10-6-9-17(11-12-18)13-16(19)20/h3-5,7-8,15H,2,6,9-13H2,1H3,(H,19,20). The zero-order valence-electron chi connectivity index (χ0n) is 12.2. The van der Waals surface area contributed by atoms with Crippen LogP contribution in [0.4, 0.5) is 0 Å². The molecular weight excluding hydrogens is 252 g/mol. The van der Waals surface area contributed by atoms with Gasteiger partial charge >= 0.3 is 5.97 Å². The van der Waals surface area contributed by atoms with Crippen LogP contribution in [0.3, 0.4) is 0 Å². The Labute approximate surface area is 121 Å². The molecule has 4 nitrogen and oxygen atoms in total. The third-order valence-electron chi connectivity index (χ3n) is 3.99. The van der Waals surface area contributed by atoms with Gasteiger partial charge in [-0.05, 0) is 18.4 Å². The first-order chi connectivity index (χ1) is 9.70. The Morgan fingerprint density at radius 2 is 1.95 bits per heavy atom. The van der Waals surface area contributed by atoms with E-state index in [0.717, 1.165) is 39.0 Å². The fourth-order valence-corrected chi connectivity index (χ4v) is 3.03. The molecule has 1 aliphatic rings. The lowest BCUT2D eigenvalue weighted by Gasteiger charge is -2.30. The number of benzene rings is 1. The molecule has 1 aromatic rings. The topological polar surface area (TPSA) is 43.8 Å². The minimum absolute atomic E-state index is 0.163. The van der Waals surface area contributed by atoms with Gasteiger partial charge in [0, 0.05) is 32.2 Å². The number of carbonyl (C=O) groups is 1. The van der Waals surface area contributed by atoms with Crippen LogP contribution in [0.5, 0.6) is 0 Å². The van der Waals surface area contributed by atoms with Crippen molar-refractivity contribution in [2.75, 3.05) is 32.7 Å². The molecule has 1 fully saturated rings. The van der Waals surface area contributed by atoms with Crippen molar-refractivity contribution in [1.82, 2.24) is 9.80 Å². The van der Waals surface area contributed by atoms with Crippen molar-refractivity contribution >= 4 is 5.97 Å². The van der Waals surface area contributed by atoms with Crippen LogP contribution in [-0.2, 0) is 4.79 Å². The van der Waals surface area contributed by atoms with Gasteiger partial charge in [-0.25, -0.2) is 0 Å². The van der Waals surface area contributed by atoms with E-state index in [1.165, 1.54) is 5.56 Å². The predicted octanol–water partition coefficient (Wildman–Crippen LogP) is 2.23. The van der Waals surface area contributed by atoms with Crippen molar-refractivity contribution in [1.29, 1.82) is 0 Å². The van der Waals surface area contributed by atoms with Gasteiger partial charge < -0.3 is 5.11 Å². The van der Waals surface area contributed by atoms with Gasteiger partial charge in [0.1, 0.15) is 0 Å². The molecule has 0 saturated carbocycles. The number of aliphatic carboxylic acids is 1. The minimum atomic E-state index is -0.728. The Balaban J connectivity index is 1.99. The SMILES string of the molecule is CCC(c1ccccc1)N1CCCN(CC(=O)O)CC1. The lowest BCUT2D eigenvalue weighted by molar-refractivity contribution is -0.138. The summed E-state index contributed by atoms with van der Waals surface area (Å²) in [5, 5.41) is 8.90. The maximum absolute atomic E-state index is 10.8.